The number of benzene rings is 1. The summed E-state index contributed by atoms with van der Waals surface area (Å²) < 4.78 is 64.3. The van der Waals surface area contributed by atoms with Gasteiger partial charge in [-0.15, -0.1) is 10.6 Å². The summed E-state index contributed by atoms with van der Waals surface area (Å²) in [5, 5.41) is 15.3. The fourth-order valence-corrected chi connectivity index (χ4v) is 7.41. The number of aromatic nitrogens is 3. The Morgan fingerprint density at radius 2 is 1.70 bits per heavy atom. The molecule has 0 fully saturated rings. The Morgan fingerprint density at radius 1 is 1.02 bits per heavy atom. The minimum Gasteiger partial charge on any atom is -0.497 e. The van der Waals surface area contributed by atoms with Crippen LogP contribution in [0.2, 0.25) is 0 Å². The first-order chi connectivity index (χ1) is 27.4. The van der Waals surface area contributed by atoms with Crippen LogP contribution < -0.4 is 32.1 Å². The van der Waals surface area contributed by atoms with Crippen LogP contribution in [-0.4, -0.2) is 129 Å². The van der Waals surface area contributed by atoms with E-state index in [1.54, 1.807) is 31.3 Å². The maximum Gasteiger partial charge on any atom is 0.244 e. The Bertz CT molecular complexity index is 1660. The van der Waals surface area contributed by atoms with Crippen molar-refractivity contribution in [2.45, 2.75) is 82.9 Å². The number of carbonyl (C=O) groups excluding carboxylic acids is 3. The van der Waals surface area contributed by atoms with E-state index in [0.717, 1.165) is 22.8 Å². The molecule has 1 aromatic carbocycles. The van der Waals surface area contributed by atoms with Crippen LogP contribution >= 0.6 is 0 Å². The van der Waals surface area contributed by atoms with Gasteiger partial charge >= 0.3 is 0 Å². The van der Waals surface area contributed by atoms with Gasteiger partial charge in [0, 0.05) is 24.6 Å². The lowest BCUT2D eigenvalue weighted by atomic mass is 10.0. The molecule has 3 amide bonds. The number of nitrogens with one attached hydrogen (secondary N) is 4. The number of hydrogen-bond donors (Lipinski definition) is 5. The summed E-state index contributed by atoms with van der Waals surface area (Å²) in [6.45, 7) is 7.22. The number of nitrogens with two attached hydrogens (primary N) is 1. The van der Waals surface area contributed by atoms with E-state index in [-0.39, 0.29) is 49.6 Å². The van der Waals surface area contributed by atoms with Crippen molar-refractivity contribution in [3.8, 4) is 5.75 Å². The van der Waals surface area contributed by atoms with Crippen molar-refractivity contribution < 1.29 is 46.1 Å². The molecule has 57 heavy (non-hydrogen) atoms. The van der Waals surface area contributed by atoms with E-state index in [1.165, 1.54) is 36.1 Å². The van der Waals surface area contributed by atoms with E-state index in [4.69, 9.17) is 24.7 Å². The number of allylic oxidation sites excluding steroid dienone is 1. The van der Waals surface area contributed by atoms with Gasteiger partial charge in [-0.3, -0.25) is 23.8 Å². The van der Waals surface area contributed by atoms with Crippen molar-refractivity contribution in [2.24, 2.45) is 11.7 Å². The third kappa shape index (κ3) is 16.2. The predicted octanol–water partition coefficient (Wildman–Crippen LogP) is 0.744. The van der Waals surface area contributed by atoms with Crippen molar-refractivity contribution in [3.63, 3.8) is 0 Å². The maximum absolute atomic E-state index is 13.7. The van der Waals surface area contributed by atoms with Gasteiger partial charge in [0.15, 0.2) is 0 Å². The highest BCUT2D eigenvalue weighted by atomic mass is 32.2. The average Bonchev–Trinajstić information content (AvgIpc) is 3.84. The second-order valence-electron chi connectivity index (χ2n) is 13.5. The molecular weight excluding hydrogens is 768 g/mol. The number of sulfonamides is 1. The van der Waals surface area contributed by atoms with Crippen LogP contribution in [0.1, 0.15) is 58.6 Å². The number of amides is 3. The fraction of sp³-hybridized carbons (Fsp3) is 0.639. The minimum atomic E-state index is -4.15. The van der Waals surface area contributed by atoms with E-state index >= 15 is 0 Å². The second kappa shape index (κ2) is 25.1. The van der Waals surface area contributed by atoms with Crippen molar-refractivity contribution >= 4 is 27.7 Å². The van der Waals surface area contributed by atoms with Crippen molar-refractivity contribution in [1.82, 2.24) is 45.9 Å². The lowest BCUT2D eigenvalue weighted by molar-refractivity contribution is -0.129. The average molecular weight is 827 g/mol. The number of unbranched alkanes of at least 4 members (excludes halogenated alkanes) is 1. The molecule has 0 saturated heterocycles. The molecular formula is C36H59FN10O9S. The van der Waals surface area contributed by atoms with E-state index in [9.17, 15) is 27.2 Å². The third-order valence-corrected chi connectivity index (χ3v) is 10.5. The molecule has 320 valence electrons. The number of alkyl halides is 1. The quantitative estimate of drug-likeness (QED) is 0.0685. The summed E-state index contributed by atoms with van der Waals surface area (Å²) in [4.78, 5) is 37.8. The van der Waals surface area contributed by atoms with Crippen LogP contribution in [0.3, 0.4) is 0 Å². The number of hydrazine groups is 2. The Morgan fingerprint density at radius 3 is 2.33 bits per heavy atom. The van der Waals surface area contributed by atoms with Crippen molar-refractivity contribution in [2.75, 3.05) is 66.5 Å². The molecule has 0 saturated carbocycles. The summed E-state index contributed by atoms with van der Waals surface area (Å²) in [6.07, 6.45) is 6.35. The van der Waals surface area contributed by atoms with Gasteiger partial charge in [0.25, 0.3) is 0 Å². The van der Waals surface area contributed by atoms with Crippen LogP contribution in [0.25, 0.3) is 0 Å². The summed E-state index contributed by atoms with van der Waals surface area (Å²) in [7, 11) is -2.68. The largest absolute Gasteiger partial charge is 0.497 e. The van der Waals surface area contributed by atoms with Crippen LogP contribution in [0.5, 0.6) is 5.75 Å². The molecule has 0 radical (unpaired) electrons. The van der Waals surface area contributed by atoms with Gasteiger partial charge in [-0.1, -0.05) is 38.8 Å². The molecule has 0 aliphatic carbocycles. The number of nitrogens with zero attached hydrogens (tertiary/aromatic N) is 5. The SMILES string of the molecule is CCCC[C@@H](NC(=O)CN1C=C(CCCF)NN1)C(=O)NCCOCCOCCOCCn1cc(CN([C@@H](C(N)=O)C(C)C)S(=O)(=O)c2ccc(OC)cc2)nn1. The molecule has 2 heterocycles. The zero-order valence-electron chi connectivity index (χ0n) is 33.3. The van der Waals surface area contributed by atoms with E-state index < -0.39 is 40.6 Å². The molecule has 0 bridgehead atoms. The number of methoxy groups -OCH3 is 1. The molecule has 0 spiro atoms. The summed E-state index contributed by atoms with van der Waals surface area (Å²) in [6, 6.07) is 4.06. The molecule has 0 unspecified atom stereocenters. The molecule has 19 nitrogen and oxygen atoms in total. The zero-order chi connectivity index (χ0) is 41.6. The van der Waals surface area contributed by atoms with Gasteiger partial charge in [0.1, 0.15) is 24.4 Å². The van der Waals surface area contributed by atoms with E-state index in [1.807, 2.05) is 6.92 Å². The first-order valence-corrected chi connectivity index (χ1v) is 20.5. The molecule has 1 aromatic heterocycles. The third-order valence-electron chi connectivity index (χ3n) is 8.62. The molecule has 2 atom stereocenters. The topological polar surface area (TPSA) is 234 Å². The summed E-state index contributed by atoms with van der Waals surface area (Å²) in [5.74, 6) is -1.31. The summed E-state index contributed by atoms with van der Waals surface area (Å²) >= 11 is 0. The number of hydrogen-bond acceptors (Lipinski definition) is 14. The standard InChI is InChI=1S/C36H59FN10O9S/c1-5-6-9-32(40-33(48)26-46-23-28(41-44-46)8-7-14-37)36(50)39-15-17-54-19-21-56-22-20-55-18-16-45-24-29(42-43-45)25-47(34(27(2)3)35(38)49)57(51,52)31-12-10-30(53-4)11-13-31/h10-13,23-24,27,32,34,41,44H,5-9,14-22,25-26H2,1-4H3,(H2,38,49)(H,39,50)(H,40,48)/t32-,34-/m1/s1. The zero-order valence-corrected chi connectivity index (χ0v) is 34.1. The number of halogens is 1. The molecule has 1 aliphatic heterocycles. The van der Waals surface area contributed by atoms with Crippen LogP contribution in [-0.2, 0) is 51.7 Å². The van der Waals surface area contributed by atoms with Crippen LogP contribution in [0.4, 0.5) is 4.39 Å². The van der Waals surface area contributed by atoms with Gasteiger partial charge in [-0.2, -0.15) is 4.31 Å². The van der Waals surface area contributed by atoms with Crippen LogP contribution in [0.15, 0.2) is 47.3 Å². The number of ether oxygens (including phenoxy) is 4. The Balaban J connectivity index is 1.31. The van der Waals surface area contributed by atoms with Crippen molar-refractivity contribution in [1.29, 1.82) is 0 Å². The lowest BCUT2D eigenvalue weighted by Gasteiger charge is -2.30. The molecule has 1 aliphatic rings. The minimum absolute atomic E-state index is 0.0132. The normalized spacial score (nSPS) is 14.0. The highest BCUT2D eigenvalue weighted by Gasteiger charge is 2.37. The summed E-state index contributed by atoms with van der Waals surface area (Å²) in [5.41, 5.74) is 12.5. The second-order valence-corrected chi connectivity index (χ2v) is 15.4. The Labute approximate surface area is 334 Å². The number of primary amides is 1. The van der Waals surface area contributed by atoms with Crippen LogP contribution in [0, 0.1) is 5.92 Å². The van der Waals surface area contributed by atoms with Gasteiger partial charge in [-0.25, -0.2) is 13.1 Å². The number of carbonyl (C=O) groups is 3. The first-order valence-electron chi connectivity index (χ1n) is 19.1. The first kappa shape index (κ1) is 47.0. The Hall–Kier alpha value is -4.41. The Kier molecular flexibility index (Phi) is 20.6. The van der Waals surface area contributed by atoms with Crippen molar-refractivity contribution in [3.05, 3.63) is 48.1 Å². The van der Waals surface area contributed by atoms with Gasteiger partial charge in [0.05, 0.1) is 77.1 Å². The van der Waals surface area contributed by atoms with Gasteiger partial charge < -0.3 is 40.7 Å². The van der Waals surface area contributed by atoms with Gasteiger partial charge in [-0.05, 0) is 49.4 Å². The predicted molar refractivity (Wildman–Crippen MR) is 207 cm³/mol. The molecule has 3 rings (SSSR count). The van der Waals surface area contributed by atoms with E-state index in [0.29, 0.717) is 63.7 Å². The van der Waals surface area contributed by atoms with Gasteiger partial charge in [0.2, 0.25) is 27.7 Å². The molecule has 21 heteroatoms. The smallest absolute Gasteiger partial charge is 0.244 e. The fourth-order valence-electron chi connectivity index (χ4n) is 5.71. The molecule has 2 aromatic rings. The maximum atomic E-state index is 13.7. The van der Waals surface area contributed by atoms with E-state index in [2.05, 4.69) is 31.9 Å². The molecule has 6 N–H and O–H groups in total. The monoisotopic (exact) mass is 826 g/mol. The number of rotatable bonds is 30. The highest BCUT2D eigenvalue weighted by molar-refractivity contribution is 7.89. The lowest BCUT2D eigenvalue weighted by Crippen LogP contribution is -2.51. The highest BCUT2D eigenvalue weighted by Crippen LogP contribution is 2.25.